The fourth-order valence-corrected chi connectivity index (χ4v) is 3.66. The summed E-state index contributed by atoms with van der Waals surface area (Å²) in [5.74, 6) is 0. The zero-order chi connectivity index (χ0) is 13.9. The second kappa shape index (κ2) is 7.61. The Labute approximate surface area is 134 Å². The second-order valence-corrected chi connectivity index (χ2v) is 6.65. The Kier molecular flexibility index (Phi) is 6.08. The lowest BCUT2D eigenvalue weighted by Crippen LogP contribution is -2.26. The maximum atomic E-state index is 4.65. The molecule has 0 saturated carbocycles. The molecule has 2 aliphatic rings. The van der Waals surface area contributed by atoms with E-state index in [1.165, 1.54) is 76.1 Å². The number of fused-ring (bicyclic) bond motifs is 1. The van der Waals surface area contributed by atoms with Crippen molar-refractivity contribution in [1.29, 1.82) is 0 Å². The molecule has 21 heavy (non-hydrogen) atoms. The van der Waals surface area contributed by atoms with Crippen LogP contribution in [0.5, 0.6) is 0 Å². The molecule has 5 heteroatoms. The minimum Gasteiger partial charge on any atom is -0.330 e. The van der Waals surface area contributed by atoms with Crippen LogP contribution in [0.4, 0.5) is 0 Å². The lowest BCUT2D eigenvalue weighted by atomic mass is 10.0. The Morgan fingerprint density at radius 2 is 2.10 bits per heavy atom. The number of likely N-dealkylation sites (tertiary alicyclic amines) is 1. The van der Waals surface area contributed by atoms with Crippen LogP contribution in [0, 0.1) is 0 Å². The van der Waals surface area contributed by atoms with Crippen molar-refractivity contribution in [2.24, 2.45) is 0 Å². The van der Waals surface area contributed by atoms with Gasteiger partial charge < -0.3 is 14.4 Å². The number of imidazole rings is 1. The normalized spacial score (nSPS) is 22.3. The van der Waals surface area contributed by atoms with Crippen molar-refractivity contribution in [2.75, 3.05) is 40.3 Å². The average Bonchev–Trinajstić information content (AvgIpc) is 3.04. The Hall–Kier alpha value is -0.580. The molecule has 1 aliphatic heterocycles. The Bertz CT molecular complexity index is 443. The summed E-state index contributed by atoms with van der Waals surface area (Å²) in [6.07, 6.45) is 9.80. The van der Waals surface area contributed by atoms with E-state index in [0.717, 1.165) is 0 Å². The number of hydrogen-bond acceptors (Lipinski definition) is 3. The van der Waals surface area contributed by atoms with E-state index in [2.05, 4.69) is 39.8 Å². The van der Waals surface area contributed by atoms with Gasteiger partial charge in [-0.25, -0.2) is 4.98 Å². The number of aromatic nitrogens is 2. The maximum Gasteiger partial charge on any atom is 0.0954 e. The molecule has 4 nitrogen and oxygen atoms in total. The Morgan fingerprint density at radius 1 is 1.29 bits per heavy atom. The first-order chi connectivity index (χ1) is 9.74. The molecule has 1 unspecified atom stereocenters. The molecule has 2 heterocycles. The van der Waals surface area contributed by atoms with Gasteiger partial charge in [0.1, 0.15) is 0 Å². The predicted molar refractivity (Wildman–Crippen MR) is 89.4 cm³/mol. The first kappa shape index (κ1) is 16.8. The van der Waals surface area contributed by atoms with E-state index in [-0.39, 0.29) is 12.4 Å². The second-order valence-electron chi connectivity index (χ2n) is 6.65. The molecule has 0 spiro atoms. The van der Waals surface area contributed by atoms with Crippen LogP contribution < -0.4 is 0 Å². The average molecular weight is 313 g/mol. The lowest BCUT2D eigenvalue weighted by molar-refractivity contribution is 0.292. The highest BCUT2D eigenvalue weighted by Gasteiger charge is 2.26. The molecule has 3 rings (SSSR count). The van der Waals surface area contributed by atoms with Crippen molar-refractivity contribution in [3.05, 3.63) is 17.7 Å². The molecule has 120 valence electrons. The molecule has 0 amide bonds. The highest BCUT2D eigenvalue weighted by atomic mass is 35.5. The van der Waals surface area contributed by atoms with E-state index >= 15 is 0 Å². The summed E-state index contributed by atoms with van der Waals surface area (Å²) < 4.78 is 2.50. The molecule has 1 saturated heterocycles. The molecular formula is C16H29ClN4. The van der Waals surface area contributed by atoms with Crippen LogP contribution in [0.15, 0.2) is 6.33 Å². The zero-order valence-electron chi connectivity index (χ0n) is 13.4. The van der Waals surface area contributed by atoms with E-state index in [9.17, 15) is 0 Å². The third-order valence-electron chi connectivity index (χ3n) is 4.78. The molecule has 0 N–H and O–H groups in total. The van der Waals surface area contributed by atoms with Gasteiger partial charge in [-0.1, -0.05) is 0 Å². The number of halogens is 1. The van der Waals surface area contributed by atoms with Crippen molar-refractivity contribution in [3.63, 3.8) is 0 Å². The van der Waals surface area contributed by atoms with Crippen molar-refractivity contribution in [1.82, 2.24) is 19.4 Å². The number of hydrogen-bond donors (Lipinski definition) is 0. The van der Waals surface area contributed by atoms with Gasteiger partial charge in [0.05, 0.1) is 12.0 Å². The minimum absolute atomic E-state index is 0. The molecule has 1 fully saturated rings. The van der Waals surface area contributed by atoms with Gasteiger partial charge in [-0.3, -0.25) is 0 Å². The Morgan fingerprint density at radius 3 is 2.90 bits per heavy atom. The van der Waals surface area contributed by atoms with Crippen molar-refractivity contribution in [2.45, 2.75) is 44.6 Å². The predicted octanol–water partition coefficient (Wildman–Crippen LogP) is 2.38. The van der Waals surface area contributed by atoms with Crippen LogP contribution in [-0.4, -0.2) is 59.6 Å². The van der Waals surface area contributed by atoms with Crippen LogP contribution >= 0.6 is 12.4 Å². The monoisotopic (exact) mass is 312 g/mol. The van der Waals surface area contributed by atoms with Crippen LogP contribution in [0.1, 0.15) is 43.1 Å². The van der Waals surface area contributed by atoms with E-state index in [4.69, 9.17) is 0 Å². The quantitative estimate of drug-likeness (QED) is 0.834. The fraction of sp³-hybridized carbons (Fsp3) is 0.812. The summed E-state index contributed by atoms with van der Waals surface area (Å²) >= 11 is 0. The minimum atomic E-state index is 0. The van der Waals surface area contributed by atoms with Gasteiger partial charge in [0.25, 0.3) is 0 Å². The van der Waals surface area contributed by atoms with Crippen molar-refractivity contribution >= 4 is 12.4 Å². The van der Waals surface area contributed by atoms with E-state index < -0.39 is 0 Å². The summed E-state index contributed by atoms with van der Waals surface area (Å²) in [5, 5.41) is 0. The van der Waals surface area contributed by atoms with E-state index in [0.29, 0.717) is 6.04 Å². The molecule has 0 radical (unpaired) electrons. The third kappa shape index (κ3) is 3.99. The molecule has 0 aromatic carbocycles. The summed E-state index contributed by atoms with van der Waals surface area (Å²) in [6.45, 7) is 4.91. The lowest BCUT2D eigenvalue weighted by Gasteiger charge is -2.20. The first-order valence-electron chi connectivity index (χ1n) is 8.15. The number of rotatable bonds is 5. The standard InChI is InChI=1S/C16H28N4.ClH/c1-18(2)9-5-10-19-11-8-14(12-19)20-13-17-15-6-3-4-7-16(15)20;/h13-14H,3-12H2,1-2H3;1H. The summed E-state index contributed by atoms with van der Waals surface area (Å²) in [4.78, 5) is 9.56. The molecule has 1 aliphatic carbocycles. The van der Waals surface area contributed by atoms with Gasteiger partial charge in [0.2, 0.25) is 0 Å². The van der Waals surface area contributed by atoms with E-state index in [1.807, 2.05) is 0 Å². The van der Waals surface area contributed by atoms with Gasteiger partial charge in [0, 0.05) is 24.8 Å². The van der Waals surface area contributed by atoms with Crippen LogP contribution in [0.2, 0.25) is 0 Å². The SMILES string of the molecule is CN(C)CCCN1CCC(n2cnc3c2CCCC3)C1.Cl. The van der Waals surface area contributed by atoms with Gasteiger partial charge >= 0.3 is 0 Å². The van der Waals surface area contributed by atoms with Gasteiger partial charge in [-0.2, -0.15) is 0 Å². The van der Waals surface area contributed by atoms with Crippen molar-refractivity contribution < 1.29 is 0 Å². The van der Waals surface area contributed by atoms with Crippen molar-refractivity contribution in [3.8, 4) is 0 Å². The highest BCUT2D eigenvalue weighted by Crippen LogP contribution is 2.28. The first-order valence-corrected chi connectivity index (χ1v) is 8.15. The molecular weight excluding hydrogens is 284 g/mol. The number of aryl methyl sites for hydroxylation is 1. The van der Waals surface area contributed by atoms with Gasteiger partial charge in [0.15, 0.2) is 0 Å². The summed E-state index contributed by atoms with van der Waals surface area (Å²) in [7, 11) is 4.31. The topological polar surface area (TPSA) is 24.3 Å². The third-order valence-corrected chi connectivity index (χ3v) is 4.78. The molecule has 1 atom stereocenters. The molecule has 1 aromatic rings. The van der Waals surface area contributed by atoms with Gasteiger partial charge in [-0.05, 0) is 65.7 Å². The fourth-order valence-electron chi connectivity index (χ4n) is 3.66. The maximum absolute atomic E-state index is 4.65. The summed E-state index contributed by atoms with van der Waals surface area (Å²) in [6, 6.07) is 0.670. The summed E-state index contributed by atoms with van der Waals surface area (Å²) in [5.41, 5.74) is 2.92. The highest BCUT2D eigenvalue weighted by molar-refractivity contribution is 5.85. The smallest absolute Gasteiger partial charge is 0.0954 e. The molecule has 0 bridgehead atoms. The van der Waals surface area contributed by atoms with Gasteiger partial charge in [-0.15, -0.1) is 12.4 Å². The Balaban J connectivity index is 0.00000161. The number of nitrogens with zero attached hydrogens (tertiary/aromatic N) is 4. The van der Waals surface area contributed by atoms with Crippen LogP contribution in [0.25, 0.3) is 0 Å². The van der Waals surface area contributed by atoms with E-state index in [1.54, 1.807) is 0 Å². The molecule has 1 aromatic heterocycles. The zero-order valence-corrected chi connectivity index (χ0v) is 14.2. The van der Waals surface area contributed by atoms with Crippen LogP contribution in [-0.2, 0) is 12.8 Å². The largest absolute Gasteiger partial charge is 0.330 e. The van der Waals surface area contributed by atoms with Crippen LogP contribution in [0.3, 0.4) is 0 Å².